The van der Waals surface area contributed by atoms with Crippen molar-refractivity contribution in [2.75, 3.05) is 0 Å². The van der Waals surface area contributed by atoms with E-state index < -0.39 is 6.09 Å². The van der Waals surface area contributed by atoms with Crippen LogP contribution < -0.4 is 10.6 Å². The Bertz CT molecular complexity index is 307. The maximum atomic E-state index is 11.0. The highest BCUT2D eigenvalue weighted by Crippen LogP contribution is 2.00. The normalized spacial score (nSPS) is 27.1. The van der Waals surface area contributed by atoms with Gasteiger partial charge in [0.15, 0.2) is 0 Å². The highest BCUT2D eigenvalue weighted by atomic mass is 16.5. The van der Waals surface area contributed by atoms with E-state index in [2.05, 4.69) is 15.4 Å². The zero-order chi connectivity index (χ0) is 10.6. The first-order valence-electron chi connectivity index (χ1n) is 4.21. The lowest BCUT2D eigenvalue weighted by atomic mass is 10.2. The summed E-state index contributed by atoms with van der Waals surface area (Å²) in [6.07, 6.45) is 4.08. The Morgan fingerprint density at radius 2 is 2.36 bits per heavy atom. The van der Waals surface area contributed by atoms with E-state index in [1.165, 1.54) is 13.2 Å². The predicted octanol–water partition coefficient (Wildman–Crippen LogP) is 0.648. The molecule has 1 rings (SSSR count). The van der Waals surface area contributed by atoms with Crippen molar-refractivity contribution < 1.29 is 14.3 Å². The number of allylic oxidation sites excluding steroid dienone is 1. The van der Waals surface area contributed by atoms with E-state index in [1.54, 1.807) is 19.1 Å². The van der Waals surface area contributed by atoms with Gasteiger partial charge in [0.25, 0.3) is 0 Å². The zero-order valence-electron chi connectivity index (χ0n) is 8.03. The summed E-state index contributed by atoms with van der Waals surface area (Å²) >= 11 is 0. The van der Waals surface area contributed by atoms with Crippen LogP contribution in [0.15, 0.2) is 24.1 Å². The quantitative estimate of drug-likeness (QED) is 0.647. The lowest BCUT2D eigenvalue weighted by Crippen LogP contribution is -2.32. The highest BCUT2D eigenvalue weighted by molar-refractivity contribution is 5.76. The second kappa shape index (κ2) is 4.45. The van der Waals surface area contributed by atoms with Gasteiger partial charge in [-0.25, -0.2) is 4.79 Å². The number of alkyl carbamates (subject to hydrolysis) is 1. The number of carbonyl (C=O) groups excluding carboxylic acids is 2. The van der Waals surface area contributed by atoms with Crippen molar-refractivity contribution >= 4 is 12.0 Å². The molecule has 5 heteroatoms. The van der Waals surface area contributed by atoms with Crippen LogP contribution in [0.2, 0.25) is 0 Å². The molecule has 76 valence electrons. The van der Waals surface area contributed by atoms with E-state index in [4.69, 9.17) is 0 Å². The molecule has 0 aromatic carbocycles. The summed E-state index contributed by atoms with van der Waals surface area (Å²) in [5, 5.41) is 5.07. The number of carbonyl (C=O) groups is 2. The van der Waals surface area contributed by atoms with E-state index in [0.717, 1.165) is 0 Å². The van der Waals surface area contributed by atoms with Crippen LogP contribution in [-0.4, -0.2) is 18.0 Å². The molecule has 0 aliphatic carbocycles. The summed E-state index contributed by atoms with van der Waals surface area (Å²) in [6, 6.07) is -0.125. The first-order chi connectivity index (χ1) is 6.58. The van der Waals surface area contributed by atoms with Gasteiger partial charge in [-0.05, 0) is 13.0 Å². The Kier molecular flexibility index (Phi) is 3.28. The van der Waals surface area contributed by atoms with Crippen LogP contribution in [0.25, 0.3) is 0 Å². The second-order valence-electron chi connectivity index (χ2n) is 2.95. The van der Waals surface area contributed by atoms with Gasteiger partial charge in [0.2, 0.25) is 5.91 Å². The number of ether oxygens (including phenoxy) is 1. The third-order valence-corrected chi connectivity index (χ3v) is 1.52. The van der Waals surface area contributed by atoms with Crippen molar-refractivity contribution in [1.29, 1.82) is 0 Å². The zero-order valence-corrected chi connectivity index (χ0v) is 8.03. The van der Waals surface area contributed by atoms with Crippen LogP contribution in [0.3, 0.4) is 0 Å². The summed E-state index contributed by atoms with van der Waals surface area (Å²) in [7, 11) is 0. The van der Waals surface area contributed by atoms with Gasteiger partial charge in [-0.15, -0.1) is 0 Å². The van der Waals surface area contributed by atoms with Crippen LogP contribution in [0, 0.1) is 0 Å². The molecule has 0 saturated heterocycles. The van der Waals surface area contributed by atoms with Crippen molar-refractivity contribution in [3.8, 4) is 0 Å². The Balaban J connectivity index is 2.73. The van der Waals surface area contributed by atoms with Gasteiger partial charge in [0, 0.05) is 13.0 Å². The molecule has 2 N–H and O–H groups in total. The molecule has 0 radical (unpaired) electrons. The van der Waals surface area contributed by atoms with E-state index in [-0.39, 0.29) is 11.9 Å². The van der Waals surface area contributed by atoms with Crippen molar-refractivity contribution in [3.05, 3.63) is 24.1 Å². The van der Waals surface area contributed by atoms with E-state index >= 15 is 0 Å². The van der Waals surface area contributed by atoms with E-state index in [1.807, 2.05) is 0 Å². The fraction of sp³-hybridized carbons (Fsp3) is 0.333. The van der Waals surface area contributed by atoms with Crippen molar-refractivity contribution in [3.63, 3.8) is 0 Å². The van der Waals surface area contributed by atoms with Crippen LogP contribution in [0.4, 0.5) is 4.79 Å². The number of nitrogens with one attached hydrogen (secondary N) is 2. The third kappa shape index (κ3) is 3.30. The third-order valence-electron chi connectivity index (χ3n) is 1.52. The molecular formula is C9H12N2O3. The van der Waals surface area contributed by atoms with Crippen LogP contribution in [0.1, 0.15) is 13.8 Å². The summed E-state index contributed by atoms with van der Waals surface area (Å²) in [5.74, 6) is -0.210. The minimum Gasteiger partial charge on any atom is -0.416 e. The average molecular weight is 196 g/mol. The first kappa shape index (κ1) is 10.3. The van der Waals surface area contributed by atoms with E-state index in [9.17, 15) is 9.59 Å². The van der Waals surface area contributed by atoms with Crippen molar-refractivity contribution in [1.82, 2.24) is 10.6 Å². The van der Waals surface area contributed by atoms with Gasteiger partial charge in [-0.3, -0.25) is 4.79 Å². The van der Waals surface area contributed by atoms with Crippen molar-refractivity contribution in [2.24, 2.45) is 0 Å². The number of hydrogen-bond donors (Lipinski definition) is 2. The van der Waals surface area contributed by atoms with E-state index in [0.29, 0.717) is 5.70 Å². The largest absolute Gasteiger partial charge is 0.416 e. The molecule has 14 heavy (non-hydrogen) atoms. The average Bonchev–Trinajstić information content (AvgIpc) is 2.07. The van der Waals surface area contributed by atoms with Gasteiger partial charge in [0.05, 0.1) is 5.70 Å². The molecule has 0 aromatic heterocycles. The molecule has 1 aliphatic rings. The molecule has 1 unspecified atom stereocenters. The molecule has 5 nitrogen and oxygen atoms in total. The Morgan fingerprint density at radius 1 is 1.64 bits per heavy atom. The SMILES string of the molecule is CC(=O)NC1=C/OC(=O)NC(C)/C=C\1. The lowest BCUT2D eigenvalue weighted by molar-refractivity contribution is -0.118. The smallest absolute Gasteiger partial charge is 0.412 e. The fourth-order valence-corrected chi connectivity index (χ4v) is 0.947. The number of cyclic esters (lactones) is 1. The van der Waals surface area contributed by atoms with Crippen LogP contribution in [-0.2, 0) is 9.53 Å². The molecule has 0 saturated carbocycles. The molecule has 1 aliphatic heterocycles. The molecule has 1 heterocycles. The van der Waals surface area contributed by atoms with Crippen molar-refractivity contribution in [2.45, 2.75) is 19.9 Å². The molecule has 2 amide bonds. The number of hydrogen-bond acceptors (Lipinski definition) is 3. The minimum atomic E-state index is -0.537. The molecule has 0 bridgehead atoms. The molecule has 0 spiro atoms. The lowest BCUT2D eigenvalue weighted by Gasteiger charge is -2.12. The number of rotatable bonds is 1. The predicted molar refractivity (Wildman–Crippen MR) is 50.1 cm³/mol. The Labute approximate surface area is 81.8 Å². The maximum Gasteiger partial charge on any atom is 0.412 e. The van der Waals surface area contributed by atoms with Crippen LogP contribution in [0.5, 0.6) is 0 Å². The van der Waals surface area contributed by atoms with Gasteiger partial charge in [-0.2, -0.15) is 0 Å². The molecular weight excluding hydrogens is 184 g/mol. The molecule has 1 atom stereocenters. The number of amides is 2. The first-order valence-corrected chi connectivity index (χ1v) is 4.21. The second-order valence-corrected chi connectivity index (χ2v) is 2.95. The Hall–Kier alpha value is -1.78. The standard InChI is InChI=1S/C9H12N2O3/c1-6-3-4-8(11-7(2)12)5-14-9(13)10-6/h3-6H,1-2H3,(H,10,13)(H,11,12)/b4-3-,8-5+. The summed E-state index contributed by atoms with van der Waals surface area (Å²) in [4.78, 5) is 21.7. The summed E-state index contributed by atoms with van der Waals surface area (Å²) in [6.45, 7) is 3.19. The molecule has 0 fully saturated rings. The Morgan fingerprint density at radius 3 is 3.00 bits per heavy atom. The van der Waals surface area contributed by atoms with Gasteiger partial charge in [0.1, 0.15) is 6.26 Å². The topological polar surface area (TPSA) is 67.4 Å². The highest BCUT2D eigenvalue weighted by Gasteiger charge is 2.08. The van der Waals surface area contributed by atoms with Gasteiger partial charge >= 0.3 is 6.09 Å². The monoisotopic (exact) mass is 196 g/mol. The van der Waals surface area contributed by atoms with Crippen LogP contribution >= 0.6 is 0 Å². The summed E-state index contributed by atoms with van der Waals surface area (Å²) < 4.78 is 4.69. The molecule has 0 aromatic rings. The fourth-order valence-electron chi connectivity index (χ4n) is 0.947. The minimum absolute atomic E-state index is 0.125. The maximum absolute atomic E-state index is 11.0. The summed E-state index contributed by atoms with van der Waals surface area (Å²) in [5.41, 5.74) is 0.458. The van der Waals surface area contributed by atoms with Gasteiger partial charge < -0.3 is 15.4 Å². The van der Waals surface area contributed by atoms with Gasteiger partial charge in [-0.1, -0.05) is 6.08 Å².